The summed E-state index contributed by atoms with van der Waals surface area (Å²) in [5.74, 6) is 0.647. The van der Waals surface area contributed by atoms with Gasteiger partial charge in [-0.2, -0.15) is 0 Å². The fourth-order valence-electron chi connectivity index (χ4n) is 4.89. The highest BCUT2D eigenvalue weighted by atomic mass is 16.2. The number of piperidine rings is 2. The van der Waals surface area contributed by atoms with Crippen molar-refractivity contribution in [1.82, 2.24) is 14.7 Å². The molecule has 1 aromatic carbocycles. The fourth-order valence-corrected chi connectivity index (χ4v) is 4.89. The lowest BCUT2D eigenvalue weighted by Crippen LogP contribution is -2.59. The molecule has 124 valence electrons. The van der Waals surface area contributed by atoms with Crippen LogP contribution >= 0.6 is 0 Å². The monoisotopic (exact) mass is 313 g/mol. The number of fused-ring (bicyclic) bond motifs is 4. The lowest BCUT2D eigenvalue weighted by molar-refractivity contribution is 0.00110. The number of carbonyl (C=O) groups is 1. The summed E-state index contributed by atoms with van der Waals surface area (Å²) in [4.78, 5) is 19.2. The van der Waals surface area contributed by atoms with Gasteiger partial charge < -0.3 is 9.80 Å². The number of hydrogen-bond acceptors (Lipinski definition) is 2. The van der Waals surface area contributed by atoms with E-state index in [0.717, 1.165) is 25.9 Å². The van der Waals surface area contributed by atoms with E-state index in [1.165, 1.54) is 30.5 Å². The zero-order valence-corrected chi connectivity index (χ0v) is 14.2. The minimum Gasteiger partial charge on any atom is -0.331 e. The Hall–Kier alpha value is -1.55. The van der Waals surface area contributed by atoms with Gasteiger partial charge in [-0.1, -0.05) is 24.3 Å². The third-order valence-electron chi connectivity index (χ3n) is 6.00. The summed E-state index contributed by atoms with van der Waals surface area (Å²) in [6.07, 6.45) is 4.69. The molecule has 2 fully saturated rings. The van der Waals surface area contributed by atoms with Crippen LogP contribution in [0.3, 0.4) is 0 Å². The van der Waals surface area contributed by atoms with E-state index in [-0.39, 0.29) is 6.03 Å². The molecule has 4 nitrogen and oxygen atoms in total. The Morgan fingerprint density at radius 3 is 2.87 bits per heavy atom. The Morgan fingerprint density at radius 2 is 2.04 bits per heavy atom. The molecule has 2 saturated heterocycles. The third kappa shape index (κ3) is 2.53. The van der Waals surface area contributed by atoms with E-state index in [1.807, 2.05) is 14.1 Å². The highest BCUT2D eigenvalue weighted by Gasteiger charge is 2.44. The lowest BCUT2D eigenvalue weighted by Gasteiger charge is -2.52. The third-order valence-corrected chi connectivity index (χ3v) is 6.00. The molecule has 0 N–H and O–H groups in total. The Kier molecular flexibility index (Phi) is 3.80. The van der Waals surface area contributed by atoms with Gasteiger partial charge in [-0.3, -0.25) is 4.90 Å². The number of nitrogens with zero attached hydrogens (tertiary/aromatic N) is 3. The topological polar surface area (TPSA) is 26.8 Å². The van der Waals surface area contributed by atoms with E-state index in [0.29, 0.717) is 18.0 Å². The number of benzene rings is 1. The van der Waals surface area contributed by atoms with Gasteiger partial charge in [0.25, 0.3) is 0 Å². The first-order chi connectivity index (χ1) is 11.1. The number of hydrogen-bond donors (Lipinski definition) is 0. The van der Waals surface area contributed by atoms with Crippen LogP contribution in [-0.4, -0.2) is 60.5 Å². The number of likely N-dealkylation sites (tertiary alicyclic amines) is 1. The van der Waals surface area contributed by atoms with Crippen molar-refractivity contribution in [3.8, 4) is 0 Å². The first-order valence-electron chi connectivity index (χ1n) is 8.95. The zero-order chi connectivity index (χ0) is 16.0. The maximum absolute atomic E-state index is 12.6. The normalized spacial score (nSPS) is 30.2. The molecule has 3 heterocycles. The molecule has 3 aliphatic rings. The summed E-state index contributed by atoms with van der Waals surface area (Å²) < 4.78 is 0. The van der Waals surface area contributed by atoms with Crippen LogP contribution in [0.25, 0.3) is 0 Å². The molecule has 0 aromatic heterocycles. The molecule has 0 aliphatic carbocycles. The Bertz CT molecular complexity index is 600. The standard InChI is InChI=1S/C19H27N3O/c1-20(2)19(23)22-10-5-7-15-13-21-11-9-14-6-3-4-8-16(14)18(21)12-17(15)22/h3-4,6,8,15,17-18H,5,7,9-13H2,1-2H3. The van der Waals surface area contributed by atoms with Crippen LogP contribution in [0.5, 0.6) is 0 Å². The molecule has 0 spiro atoms. The van der Waals surface area contributed by atoms with Gasteiger partial charge in [0.05, 0.1) is 0 Å². The van der Waals surface area contributed by atoms with Gasteiger partial charge in [0, 0.05) is 45.8 Å². The quantitative estimate of drug-likeness (QED) is 0.736. The Morgan fingerprint density at radius 1 is 1.22 bits per heavy atom. The van der Waals surface area contributed by atoms with Crippen LogP contribution in [0, 0.1) is 5.92 Å². The second kappa shape index (κ2) is 5.82. The van der Waals surface area contributed by atoms with Crippen LogP contribution in [-0.2, 0) is 6.42 Å². The molecule has 1 aromatic rings. The van der Waals surface area contributed by atoms with Crippen LogP contribution < -0.4 is 0 Å². The minimum absolute atomic E-state index is 0.192. The fraction of sp³-hybridized carbons (Fsp3) is 0.632. The Labute approximate surface area is 139 Å². The maximum atomic E-state index is 12.6. The highest BCUT2D eigenvalue weighted by molar-refractivity contribution is 5.74. The molecular weight excluding hydrogens is 286 g/mol. The van der Waals surface area contributed by atoms with Crippen molar-refractivity contribution in [3.05, 3.63) is 35.4 Å². The van der Waals surface area contributed by atoms with Gasteiger partial charge >= 0.3 is 6.03 Å². The minimum atomic E-state index is 0.192. The smallest absolute Gasteiger partial charge is 0.319 e. The van der Waals surface area contributed by atoms with Gasteiger partial charge in [-0.25, -0.2) is 4.79 Å². The average Bonchev–Trinajstić information content (AvgIpc) is 2.58. The van der Waals surface area contributed by atoms with Gasteiger partial charge in [0.15, 0.2) is 0 Å². The summed E-state index contributed by atoms with van der Waals surface area (Å²) >= 11 is 0. The molecule has 0 bridgehead atoms. The van der Waals surface area contributed by atoms with Crippen molar-refractivity contribution in [2.75, 3.05) is 33.7 Å². The second-order valence-corrected chi connectivity index (χ2v) is 7.54. The average molecular weight is 313 g/mol. The number of amides is 2. The van der Waals surface area contributed by atoms with Crippen LogP contribution in [0.1, 0.15) is 36.4 Å². The van der Waals surface area contributed by atoms with E-state index in [4.69, 9.17) is 0 Å². The predicted octanol–water partition coefficient (Wildman–Crippen LogP) is 2.75. The van der Waals surface area contributed by atoms with Gasteiger partial charge in [-0.05, 0) is 42.7 Å². The molecule has 23 heavy (non-hydrogen) atoms. The Balaban J connectivity index is 1.62. The van der Waals surface area contributed by atoms with Crippen LogP contribution in [0.15, 0.2) is 24.3 Å². The molecule has 0 saturated carbocycles. The van der Waals surface area contributed by atoms with E-state index in [2.05, 4.69) is 34.1 Å². The summed E-state index contributed by atoms with van der Waals surface area (Å²) in [7, 11) is 3.74. The lowest BCUT2D eigenvalue weighted by atomic mass is 9.77. The molecule has 4 rings (SSSR count). The van der Waals surface area contributed by atoms with Gasteiger partial charge in [0.2, 0.25) is 0 Å². The van der Waals surface area contributed by atoms with E-state index >= 15 is 0 Å². The number of urea groups is 1. The summed E-state index contributed by atoms with van der Waals surface area (Å²) in [5, 5.41) is 0. The molecular formula is C19H27N3O. The molecule has 3 atom stereocenters. The number of rotatable bonds is 0. The molecule has 0 radical (unpaired) electrons. The molecule has 3 aliphatic heterocycles. The van der Waals surface area contributed by atoms with E-state index in [1.54, 1.807) is 4.90 Å². The molecule has 4 heteroatoms. The molecule has 3 unspecified atom stereocenters. The van der Waals surface area contributed by atoms with E-state index in [9.17, 15) is 4.79 Å². The van der Waals surface area contributed by atoms with Crippen molar-refractivity contribution in [2.45, 2.75) is 37.8 Å². The molecule has 2 amide bonds. The van der Waals surface area contributed by atoms with Crippen molar-refractivity contribution in [2.24, 2.45) is 5.92 Å². The SMILES string of the molecule is CN(C)C(=O)N1CCCC2CN3CCc4ccccc4C3CC21. The summed E-state index contributed by atoms with van der Waals surface area (Å²) in [5.41, 5.74) is 3.01. The van der Waals surface area contributed by atoms with E-state index < -0.39 is 0 Å². The second-order valence-electron chi connectivity index (χ2n) is 7.54. The zero-order valence-electron chi connectivity index (χ0n) is 14.2. The number of carbonyl (C=O) groups excluding carboxylic acids is 1. The predicted molar refractivity (Wildman–Crippen MR) is 91.4 cm³/mol. The highest BCUT2D eigenvalue weighted by Crippen LogP contribution is 2.42. The first-order valence-corrected chi connectivity index (χ1v) is 8.95. The summed E-state index contributed by atoms with van der Waals surface area (Å²) in [6, 6.07) is 10.00. The largest absolute Gasteiger partial charge is 0.331 e. The maximum Gasteiger partial charge on any atom is 0.319 e. The van der Waals surface area contributed by atoms with Crippen molar-refractivity contribution in [3.63, 3.8) is 0 Å². The van der Waals surface area contributed by atoms with Crippen LogP contribution in [0.2, 0.25) is 0 Å². The van der Waals surface area contributed by atoms with Gasteiger partial charge in [0.1, 0.15) is 0 Å². The van der Waals surface area contributed by atoms with Crippen molar-refractivity contribution >= 4 is 6.03 Å². The van der Waals surface area contributed by atoms with Crippen molar-refractivity contribution < 1.29 is 4.79 Å². The van der Waals surface area contributed by atoms with Crippen molar-refractivity contribution in [1.29, 1.82) is 0 Å². The first kappa shape index (κ1) is 15.0. The van der Waals surface area contributed by atoms with Crippen LogP contribution in [0.4, 0.5) is 4.79 Å². The van der Waals surface area contributed by atoms with Gasteiger partial charge in [-0.15, -0.1) is 0 Å². The summed E-state index contributed by atoms with van der Waals surface area (Å²) in [6.45, 7) is 3.25.